The molecule has 0 saturated heterocycles. The Kier molecular flexibility index (Phi) is 10.2. The first kappa shape index (κ1) is 31.3. The topological polar surface area (TPSA) is 123 Å². The summed E-state index contributed by atoms with van der Waals surface area (Å²) in [7, 11) is 0. The smallest absolute Gasteiger partial charge is 0.204 e. The monoisotopic (exact) mass is 604 g/mol. The van der Waals surface area contributed by atoms with Gasteiger partial charge in [-0.05, 0) is 72.0 Å². The van der Waals surface area contributed by atoms with Crippen LogP contribution in [0.5, 0.6) is 40.2 Å². The standard InChI is InChI=1S/C34H33ClO8/c1-4-5-22-14-27(32(40)19-42-25-12-8-23(35)9-13-25)33(17-28(22)36)43-34-15-26(29(37)16-30(34)38)31(39)18-41-24-10-6-21(7-11-24)20(2)3/h6-17,20,36-38H,4-5,18-19H2,1-3H3. The maximum absolute atomic E-state index is 13.3. The summed E-state index contributed by atoms with van der Waals surface area (Å²) in [4.78, 5) is 26.2. The van der Waals surface area contributed by atoms with E-state index < -0.39 is 23.1 Å². The summed E-state index contributed by atoms with van der Waals surface area (Å²) in [5.74, 6) is -1.07. The second-order valence-electron chi connectivity index (χ2n) is 10.3. The van der Waals surface area contributed by atoms with Crippen LogP contribution in [-0.2, 0) is 6.42 Å². The van der Waals surface area contributed by atoms with E-state index in [0.717, 1.165) is 24.1 Å². The number of carbonyl (C=O) groups excluding carboxylic acids is 2. The number of phenolic OH excluding ortho intramolecular Hbond substituents is 3. The van der Waals surface area contributed by atoms with E-state index in [1.165, 1.54) is 12.1 Å². The van der Waals surface area contributed by atoms with Crippen LogP contribution in [0.4, 0.5) is 0 Å². The Bertz CT molecular complexity index is 1590. The van der Waals surface area contributed by atoms with Gasteiger partial charge in [-0.1, -0.05) is 50.9 Å². The Morgan fingerprint density at radius 1 is 0.721 bits per heavy atom. The quantitative estimate of drug-likeness (QED) is 0.132. The second kappa shape index (κ2) is 14.0. The van der Waals surface area contributed by atoms with Crippen LogP contribution in [0.3, 0.4) is 0 Å². The summed E-state index contributed by atoms with van der Waals surface area (Å²) >= 11 is 5.92. The fraction of sp³-hybridized carbons (Fsp3) is 0.235. The van der Waals surface area contributed by atoms with E-state index in [9.17, 15) is 24.9 Å². The third-order valence-corrected chi connectivity index (χ3v) is 6.95. The average molecular weight is 605 g/mol. The van der Waals surface area contributed by atoms with Gasteiger partial charge in [0.05, 0.1) is 11.1 Å². The maximum Gasteiger partial charge on any atom is 0.204 e. The number of hydrogen-bond acceptors (Lipinski definition) is 8. The minimum atomic E-state index is -0.566. The molecule has 0 fully saturated rings. The van der Waals surface area contributed by atoms with Gasteiger partial charge in [-0.2, -0.15) is 0 Å². The number of hydrogen-bond donors (Lipinski definition) is 3. The van der Waals surface area contributed by atoms with E-state index in [1.807, 2.05) is 19.1 Å². The molecule has 0 aliphatic heterocycles. The molecule has 9 heteroatoms. The zero-order valence-corrected chi connectivity index (χ0v) is 24.9. The lowest BCUT2D eigenvalue weighted by molar-refractivity contribution is 0.0910. The number of halogens is 1. The molecule has 0 unspecified atom stereocenters. The van der Waals surface area contributed by atoms with Crippen molar-refractivity contribution in [2.24, 2.45) is 0 Å². The summed E-state index contributed by atoms with van der Waals surface area (Å²) in [6.07, 6.45) is 1.23. The maximum atomic E-state index is 13.3. The highest BCUT2D eigenvalue weighted by molar-refractivity contribution is 6.30. The predicted octanol–water partition coefficient (Wildman–Crippen LogP) is 7.85. The predicted molar refractivity (Wildman–Crippen MR) is 164 cm³/mol. The highest BCUT2D eigenvalue weighted by Crippen LogP contribution is 2.39. The van der Waals surface area contributed by atoms with Crippen LogP contribution < -0.4 is 14.2 Å². The van der Waals surface area contributed by atoms with Gasteiger partial charge in [-0.3, -0.25) is 9.59 Å². The Morgan fingerprint density at radius 2 is 1.30 bits per heavy atom. The van der Waals surface area contributed by atoms with Crippen molar-refractivity contribution in [3.05, 3.63) is 100 Å². The van der Waals surface area contributed by atoms with Crippen molar-refractivity contribution >= 4 is 23.2 Å². The lowest BCUT2D eigenvalue weighted by Gasteiger charge is -2.16. The Morgan fingerprint density at radius 3 is 1.88 bits per heavy atom. The fourth-order valence-electron chi connectivity index (χ4n) is 4.30. The van der Waals surface area contributed by atoms with Gasteiger partial charge in [0.1, 0.15) is 28.7 Å². The van der Waals surface area contributed by atoms with Crippen LogP contribution >= 0.6 is 11.6 Å². The molecule has 43 heavy (non-hydrogen) atoms. The molecule has 0 saturated carbocycles. The third-order valence-electron chi connectivity index (χ3n) is 6.70. The van der Waals surface area contributed by atoms with Crippen LogP contribution in [0, 0.1) is 0 Å². The van der Waals surface area contributed by atoms with Crippen LogP contribution in [-0.4, -0.2) is 40.1 Å². The van der Waals surface area contributed by atoms with Gasteiger partial charge in [0.15, 0.2) is 24.7 Å². The summed E-state index contributed by atoms with van der Waals surface area (Å²) in [5, 5.41) is 32.1. The molecule has 8 nitrogen and oxygen atoms in total. The molecule has 0 aliphatic rings. The van der Waals surface area contributed by atoms with Gasteiger partial charge < -0.3 is 29.5 Å². The molecule has 224 valence electrons. The molecule has 0 heterocycles. The van der Waals surface area contributed by atoms with E-state index in [-0.39, 0.29) is 41.6 Å². The van der Waals surface area contributed by atoms with Crippen molar-refractivity contribution in [2.75, 3.05) is 13.2 Å². The van der Waals surface area contributed by atoms with Crippen molar-refractivity contribution < 1.29 is 39.1 Å². The highest BCUT2D eigenvalue weighted by Gasteiger charge is 2.22. The molecule has 0 atom stereocenters. The summed E-state index contributed by atoms with van der Waals surface area (Å²) in [5.41, 5.74) is 1.61. The molecule has 0 radical (unpaired) electrons. The molecule has 0 spiro atoms. The number of aromatic hydroxyl groups is 3. The average Bonchev–Trinajstić information content (AvgIpc) is 2.98. The lowest BCUT2D eigenvalue weighted by Crippen LogP contribution is -2.14. The Balaban J connectivity index is 1.57. The van der Waals surface area contributed by atoms with Crippen molar-refractivity contribution in [3.63, 3.8) is 0 Å². The van der Waals surface area contributed by atoms with Crippen molar-refractivity contribution in [1.29, 1.82) is 0 Å². The molecule has 4 aromatic rings. The first-order valence-electron chi connectivity index (χ1n) is 13.8. The molecule has 0 aromatic heterocycles. The van der Waals surface area contributed by atoms with Crippen LogP contribution in [0.1, 0.15) is 65.0 Å². The van der Waals surface area contributed by atoms with Crippen molar-refractivity contribution in [1.82, 2.24) is 0 Å². The number of aryl methyl sites for hydroxylation is 1. The zero-order chi connectivity index (χ0) is 31.1. The van der Waals surface area contributed by atoms with Gasteiger partial charge in [0.2, 0.25) is 11.6 Å². The number of rotatable bonds is 13. The number of benzene rings is 4. The van der Waals surface area contributed by atoms with Gasteiger partial charge in [0, 0.05) is 17.2 Å². The van der Waals surface area contributed by atoms with E-state index in [1.54, 1.807) is 36.4 Å². The van der Waals surface area contributed by atoms with Crippen molar-refractivity contribution in [2.45, 2.75) is 39.5 Å². The molecular formula is C34H33ClO8. The number of ether oxygens (including phenoxy) is 3. The van der Waals surface area contributed by atoms with E-state index in [4.69, 9.17) is 25.8 Å². The SMILES string of the molecule is CCCc1cc(C(=O)COc2ccc(Cl)cc2)c(Oc2cc(C(=O)COc3ccc(C(C)C)cc3)c(O)cc2O)cc1O. The van der Waals surface area contributed by atoms with Crippen LogP contribution in [0.2, 0.25) is 5.02 Å². The molecule has 4 aromatic carbocycles. The minimum Gasteiger partial charge on any atom is -0.508 e. The molecule has 0 aliphatic carbocycles. The first-order chi connectivity index (χ1) is 20.5. The zero-order valence-electron chi connectivity index (χ0n) is 24.1. The largest absolute Gasteiger partial charge is 0.508 e. The number of carbonyl (C=O) groups is 2. The van der Waals surface area contributed by atoms with Gasteiger partial charge in [-0.25, -0.2) is 0 Å². The van der Waals surface area contributed by atoms with Gasteiger partial charge in [-0.15, -0.1) is 0 Å². The molecule has 3 N–H and O–H groups in total. The molecule has 0 amide bonds. The van der Waals surface area contributed by atoms with E-state index in [0.29, 0.717) is 34.4 Å². The number of ketones is 2. The highest BCUT2D eigenvalue weighted by atomic mass is 35.5. The lowest BCUT2D eigenvalue weighted by atomic mass is 10.0. The molecule has 4 rings (SSSR count). The van der Waals surface area contributed by atoms with Gasteiger partial charge >= 0.3 is 0 Å². The van der Waals surface area contributed by atoms with Crippen LogP contribution in [0.25, 0.3) is 0 Å². The summed E-state index contributed by atoms with van der Waals surface area (Å²) in [6.45, 7) is 5.36. The first-order valence-corrected chi connectivity index (χ1v) is 14.2. The summed E-state index contributed by atoms with van der Waals surface area (Å²) < 4.78 is 17.1. The van der Waals surface area contributed by atoms with Gasteiger partial charge in [0.25, 0.3) is 0 Å². The molecular weight excluding hydrogens is 572 g/mol. The second-order valence-corrected chi connectivity index (χ2v) is 10.7. The Labute approximate surface area is 255 Å². The normalized spacial score (nSPS) is 10.9. The van der Waals surface area contributed by atoms with E-state index >= 15 is 0 Å². The fourth-order valence-corrected chi connectivity index (χ4v) is 4.43. The minimum absolute atomic E-state index is 0.0667. The summed E-state index contributed by atoms with van der Waals surface area (Å²) in [6, 6.07) is 18.8. The van der Waals surface area contributed by atoms with Crippen LogP contribution in [0.15, 0.2) is 72.8 Å². The molecule has 0 bridgehead atoms. The number of Topliss-reactive ketones (excluding diaryl/α,β-unsaturated/α-hetero) is 2. The Hall–Kier alpha value is -4.69. The number of phenols is 3. The third kappa shape index (κ3) is 7.99. The van der Waals surface area contributed by atoms with Crippen molar-refractivity contribution in [3.8, 4) is 40.2 Å². The van der Waals surface area contributed by atoms with E-state index in [2.05, 4.69) is 13.8 Å².